The molecule has 3 N–H and O–H groups in total. The van der Waals surface area contributed by atoms with Crippen molar-refractivity contribution in [3.8, 4) is 0 Å². The summed E-state index contributed by atoms with van der Waals surface area (Å²) in [5, 5.41) is 1.38. The molecule has 0 fully saturated rings. The van der Waals surface area contributed by atoms with Crippen LogP contribution in [0.15, 0.2) is 24.4 Å². The Morgan fingerprint density at radius 2 is 1.93 bits per heavy atom. The number of rotatable bonds is 1. The minimum Gasteiger partial charge on any atom is -0.361 e. The second kappa shape index (κ2) is 7.22. The van der Waals surface area contributed by atoms with Crippen LogP contribution in [0.2, 0.25) is 0 Å². The van der Waals surface area contributed by atoms with Crippen molar-refractivity contribution in [2.45, 2.75) is 0 Å². The number of hydrogen-bond donors (Lipinski definition) is 4. The molecule has 0 aliphatic carbocycles. The number of carbonyl (C=O) groups excluding carboxylic acids is 2. The molecule has 1 aromatic heterocycles. The molecule has 5 nitrogen and oxygen atoms in total. The van der Waals surface area contributed by atoms with Gasteiger partial charge in [-0.05, 0) is 12.1 Å². The predicted molar refractivity (Wildman–Crippen MR) is 60.8 cm³/mol. The number of aromatic nitrogens is 1. The summed E-state index contributed by atoms with van der Waals surface area (Å²) in [5.41, 5.74) is 4.34. The highest BCUT2D eigenvalue weighted by atomic mass is 32.1. The number of nitrogens with two attached hydrogens (primary N) is 1. The second-order valence-electron chi connectivity index (χ2n) is 1.98. The van der Waals surface area contributed by atoms with Crippen LogP contribution in [0.4, 0.5) is 15.4 Å². The molecule has 0 spiro atoms. The number of pyridine rings is 1. The molecule has 7 heteroatoms. The summed E-state index contributed by atoms with van der Waals surface area (Å²) in [4.78, 5) is 23.3. The highest BCUT2D eigenvalue weighted by molar-refractivity contribution is 7.97. The fourth-order valence-corrected chi connectivity index (χ4v) is 0.661. The van der Waals surface area contributed by atoms with Crippen molar-refractivity contribution in [3.05, 3.63) is 24.4 Å². The normalized spacial score (nSPS) is 8.14. The fourth-order valence-electron chi connectivity index (χ4n) is 0.546. The molecule has 0 aliphatic heterocycles. The molecule has 76 valence electrons. The zero-order chi connectivity index (χ0) is 11.0. The number of thiol groups is 2. The van der Waals surface area contributed by atoms with E-state index in [1.165, 1.54) is 0 Å². The van der Waals surface area contributed by atoms with Crippen LogP contribution in [0, 0.1) is 0 Å². The van der Waals surface area contributed by atoms with Gasteiger partial charge in [-0.3, -0.25) is 9.59 Å². The van der Waals surface area contributed by atoms with E-state index in [0.717, 1.165) is 0 Å². The van der Waals surface area contributed by atoms with Crippen molar-refractivity contribution >= 4 is 41.6 Å². The van der Waals surface area contributed by atoms with Crippen LogP contribution in [0.1, 0.15) is 0 Å². The van der Waals surface area contributed by atoms with E-state index < -0.39 is 10.5 Å². The lowest BCUT2D eigenvalue weighted by Crippen LogP contribution is -2.01. The third kappa shape index (κ3) is 8.88. The Labute approximate surface area is 91.9 Å². The monoisotopic (exact) mass is 231 g/mol. The first-order valence-electron chi connectivity index (χ1n) is 3.41. The molecular formula is C7H9N3O2S2. The highest BCUT2D eigenvalue weighted by Gasteiger charge is 1.92. The summed E-state index contributed by atoms with van der Waals surface area (Å²) in [6.07, 6.45) is 1.60. The van der Waals surface area contributed by atoms with Gasteiger partial charge in [0.2, 0.25) is 0 Å². The molecular weight excluding hydrogens is 222 g/mol. The summed E-state index contributed by atoms with van der Waals surface area (Å²) < 4.78 is 0. The van der Waals surface area contributed by atoms with Gasteiger partial charge in [0.25, 0.3) is 10.5 Å². The van der Waals surface area contributed by atoms with Gasteiger partial charge in [-0.25, -0.2) is 4.98 Å². The second-order valence-corrected chi connectivity index (χ2v) is 2.83. The SMILES string of the molecule is NC(=O)S.O=C(S)Nc1ccccn1. The van der Waals surface area contributed by atoms with E-state index in [4.69, 9.17) is 4.79 Å². The quantitative estimate of drug-likeness (QED) is 0.553. The van der Waals surface area contributed by atoms with Crippen molar-refractivity contribution in [2.75, 3.05) is 5.32 Å². The Bertz CT molecular complexity index is 301. The Balaban J connectivity index is 0.000000364. The number of carbonyl (C=O) groups is 2. The van der Waals surface area contributed by atoms with Gasteiger partial charge in [-0.15, -0.1) is 0 Å². The maximum atomic E-state index is 10.3. The summed E-state index contributed by atoms with van der Waals surface area (Å²) >= 11 is 6.62. The van der Waals surface area contributed by atoms with Crippen molar-refractivity contribution in [1.29, 1.82) is 0 Å². The lowest BCUT2D eigenvalue weighted by Gasteiger charge is -1.96. The van der Waals surface area contributed by atoms with Gasteiger partial charge >= 0.3 is 0 Å². The van der Waals surface area contributed by atoms with Crippen molar-refractivity contribution in [1.82, 2.24) is 4.98 Å². The number of hydrogen-bond acceptors (Lipinski definition) is 3. The van der Waals surface area contributed by atoms with Gasteiger partial charge in [0.05, 0.1) is 0 Å². The van der Waals surface area contributed by atoms with Crippen LogP contribution in [0.5, 0.6) is 0 Å². The average molecular weight is 231 g/mol. The van der Waals surface area contributed by atoms with Crippen LogP contribution in [0.25, 0.3) is 0 Å². The van der Waals surface area contributed by atoms with E-state index >= 15 is 0 Å². The van der Waals surface area contributed by atoms with Gasteiger partial charge in [-0.1, -0.05) is 31.3 Å². The van der Waals surface area contributed by atoms with Crippen LogP contribution < -0.4 is 11.1 Å². The molecule has 2 amide bonds. The fraction of sp³-hybridized carbons (Fsp3) is 0. The van der Waals surface area contributed by atoms with E-state index in [1.54, 1.807) is 24.4 Å². The molecule has 0 unspecified atom stereocenters. The maximum absolute atomic E-state index is 10.3. The van der Waals surface area contributed by atoms with Crippen LogP contribution in [0.3, 0.4) is 0 Å². The van der Waals surface area contributed by atoms with Crippen LogP contribution in [-0.4, -0.2) is 15.5 Å². The van der Waals surface area contributed by atoms with Crippen molar-refractivity contribution in [3.63, 3.8) is 0 Å². The first kappa shape index (κ1) is 12.8. The van der Waals surface area contributed by atoms with Crippen molar-refractivity contribution in [2.24, 2.45) is 5.73 Å². The number of nitrogens with one attached hydrogen (secondary N) is 1. The molecule has 1 aromatic rings. The molecule has 0 aromatic carbocycles. The lowest BCUT2D eigenvalue weighted by atomic mass is 10.5. The first-order chi connectivity index (χ1) is 6.52. The summed E-state index contributed by atoms with van der Waals surface area (Å²) in [5.74, 6) is 0.516. The topological polar surface area (TPSA) is 85.1 Å². The molecule has 0 radical (unpaired) electrons. The maximum Gasteiger partial charge on any atom is 0.281 e. The van der Waals surface area contributed by atoms with Gasteiger partial charge in [-0.2, -0.15) is 0 Å². The molecule has 0 saturated carbocycles. The summed E-state index contributed by atoms with van der Waals surface area (Å²) in [6.45, 7) is 0. The third-order valence-electron chi connectivity index (χ3n) is 0.900. The Hall–Kier alpha value is -1.21. The van der Waals surface area contributed by atoms with E-state index in [0.29, 0.717) is 5.82 Å². The van der Waals surface area contributed by atoms with Gasteiger partial charge in [0, 0.05) is 6.20 Å². The Kier molecular flexibility index (Phi) is 6.59. The van der Waals surface area contributed by atoms with E-state index in [1.807, 2.05) is 0 Å². The van der Waals surface area contributed by atoms with E-state index in [2.05, 4.69) is 41.3 Å². The van der Waals surface area contributed by atoms with Gasteiger partial charge in [0.15, 0.2) is 0 Å². The lowest BCUT2D eigenvalue weighted by molar-refractivity contribution is 0.267. The van der Waals surface area contributed by atoms with Gasteiger partial charge < -0.3 is 11.1 Å². The first-order valence-corrected chi connectivity index (χ1v) is 4.31. The minimum absolute atomic E-state index is 0.404. The predicted octanol–water partition coefficient (Wildman–Crippen LogP) is 1.54. The molecule has 0 atom stereocenters. The van der Waals surface area contributed by atoms with Gasteiger partial charge in [0.1, 0.15) is 5.82 Å². The molecule has 0 bridgehead atoms. The molecule has 0 saturated heterocycles. The zero-order valence-electron chi connectivity index (χ0n) is 7.04. The Morgan fingerprint density at radius 1 is 1.36 bits per heavy atom. The highest BCUT2D eigenvalue weighted by Crippen LogP contribution is 2.00. The third-order valence-corrected chi connectivity index (χ3v) is 1.01. The molecule has 14 heavy (non-hydrogen) atoms. The van der Waals surface area contributed by atoms with E-state index in [-0.39, 0.29) is 0 Å². The zero-order valence-corrected chi connectivity index (χ0v) is 8.83. The van der Waals surface area contributed by atoms with Crippen molar-refractivity contribution < 1.29 is 9.59 Å². The standard InChI is InChI=1S/C6H6N2OS.CH3NOS/c9-6(10)8-5-3-1-2-4-7-5;2-1(3)4/h1-4H,(H2,7,8,9,10);(H3,2,3,4). The van der Waals surface area contributed by atoms with Crippen LogP contribution >= 0.6 is 25.3 Å². The summed E-state index contributed by atoms with van der Waals surface area (Å²) in [7, 11) is 0. The molecule has 1 heterocycles. The summed E-state index contributed by atoms with van der Waals surface area (Å²) in [6, 6.07) is 5.24. The number of anilines is 1. The molecule has 1 rings (SSSR count). The molecule has 0 aliphatic rings. The van der Waals surface area contributed by atoms with E-state index in [9.17, 15) is 4.79 Å². The number of primary amides is 1. The largest absolute Gasteiger partial charge is 0.361 e. The smallest absolute Gasteiger partial charge is 0.281 e. The van der Waals surface area contributed by atoms with Crippen LogP contribution in [-0.2, 0) is 0 Å². The average Bonchev–Trinajstić information content (AvgIpc) is 2.03. The Morgan fingerprint density at radius 3 is 2.29 bits per heavy atom. The number of nitrogens with zero attached hydrogens (tertiary/aromatic N) is 1. The minimum atomic E-state index is -0.639. The number of amides is 2.